The van der Waals surface area contributed by atoms with Gasteiger partial charge in [0.25, 0.3) is 0 Å². The van der Waals surface area contributed by atoms with Crippen molar-refractivity contribution in [3.05, 3.63) is 75.9 Å². The molecule has 2 aromatic carbocycles. The molecule has 1 N–H and O–H groups in total. The van der Waals surface area contributed by atoms with Gasteiger partial charge in [-0.15, -0.1) is 0 Å². The highest BCUT2D eigenvalue weighted by molar-refractivity contribution is 9.10. The van der Waals surface area contributed by atoms with Crippen LogP contribution in [0.3, 0.4) is 0 Å². The average molecular weight is 416 g/mol. The van der Waals surface area contributed by atoms with Crippen LogP contribution < -0.4 is 5.32 Å². The summed E-state index contributed by atoms with van der Waals surface area (Å²) in [5.74, 6) is -1.51. The van der Waals surface area contributed by atoms with Crippen molar-refractivity contribution in [1.82, 2.24) is 5.32 Å². The van der Waals surface area contributed by atoms with E-state index in [-0.39, 0.29) is 11.5 Å². The topological polar surface area (TPSA) is 72.5 Å². The Morgan fingerprint density at radius 2 is 1.65 bits per heavy atom. The lowest BCUT2D eigenvalue weighted by Crippen LogP contribution is -2.31. The quantitative estimate of drug-likeness (QED) is 0.443. The van der Waals surface area contributed by atoms with Gasteiger partial charge in [0, 0.05) is 17.0 Å². The van der Waals surface area contributed by atoms with Crippen molar-refractivity contribution < 1.29 is 19.1 Å². The molecule has 2 rings (SSSR count). The van der Waals surface area contributed by atoms with Crippen LogP contribution in [0.25, 0.3) is 6.08 Å². The highest BCUT2D eigenvalue weighted by Gasteiger charge is 2.22. The molecule has 2 aromatic rings. The summed E-state index contributed by atoms with van der Waals surface area (Å²) >= 11 is 3.30. The molecule has 0 saturated heterocycles. The molecule has 0 aromatic heterocycles. The van der Waals surface area contributed by atoms with Crippen molar-refractivity contribution in [3.8, 4) is 0 Å². The summed E-state index contributed by atoms with van der Waals surface area (Å²) in [6.45, 7) is 2.79. The van der Waals surface area contributed by atoms with Crippen LogP contribution in [-0.4, -0.2) is 23.8 Å². The van der Waals surface area contributed by atoms with E-state index in [2.05, 4.69) is 21.2 Å². The minimum absolute atomic E-state index is 0.0286. The second-order valence-electron chi connectivity index (χ2n) is 5.57. The number of ketones is 1. The smallest absolute Gasteiger partial charge is 0.355 e. The number of halogens is 1. The molecule has 0 heterocycles. The van der Waals surface area contributed by atoms with Gasteiger partial charge in [-0.2, -0.15) is 0 Å². The average Bonchev–Trinajstić information content (AvgIpc) is 2.61. The van der Waals surface area contributed by atoms with Crippen LogP contribution >= 0.6 is 15.9 Å². The monoisotopic (exact) mass is 415 g/mol. The maximum absolute atomic E-state index is 12.4. The summed E-state index contributed by atoms with van der Waals surface area (Å²) in [5, 5.41) is 2.45. The van der Waals surface area contributed by atoms with E-state index in [4.69, 9.17) is 4.74 Å². The number of Topliss-reactive ketones (excluding diaryl/α,β-unsaturated/α-hetero) is 1. The number of rotatable bonds is 6. The van der Waals surface area contributed by atoms with Crippen molar-refractivity contribution in [2.24, 2.45) is 0 Å². The van der Waals surface area contributed by atoms with Crippen LogP contribution in [0.1, 0.15) is 29.8 Å². The molecule has 0 fully saturated rings. The summed E-state index contributed by atoms with van der Waals surface area (Å²) in [7, 11) is 0. The van der Waals surface area contributed by atoms with Gasteiger partial charge in [-0.1, -0.05) is 58.4 Å². The number of carbonyl (C=O) groups excluding carboxylic acids is 3. The van der Waals surface area contributed by atoms with Gasteiger partial charge in [0.05, 0.1) is 0 Å². The number of amides is 1. The van der Waals surface area contributed by atoms with Gasteiger partial charge in [0.15, 0.2) is 6.10 Å². The van der Waals surface area contributed by atoms with Gasteiger partial charge < -0.3 is 10.1 Å². The van der Waals surface area contributed by atoms with Gasteiger partial charge in [-0.3, -0.25) is 9.59 Å². The first-order valence-corrected chi connectivity index (χ1v) is 8.71. The van der Waals surface area contributed by atoms with E-state index in [9.17, 15) is 14.4 Å². The molecule has 0 bridgehead atoms. The van der Waals surface area contributed by atoms with Crippen LogP contribution in [0, 0.1) is 0 Å². The van der Waals surface area contributed by atoms with Gasteiger partial charge in [0.1, 0.15) is 5.70 Å². The third kappa shape index (κ3) is 5.67. The Labute approximate surface area is 160 Å². The molecular weight excluding hydrogens is 398 g/mol. The number of hydrogen-bond acceptors (Lipinski definition) is 4. The van der Waals surface area contributed by atoms with E-state index in [1.807, 2.05) is 18.2 Å². The lowest BCUT2D eigenvalue weighted by Gasteiger charge is -2.14. The zero-order chi connectivity index (χ0) is 19.1. The summed E-state index contributed by atoms with van der Waals surface area (Å²) in [5.41, 5.74) is 1.13. The largest absolute Gasteiger partial charge is 0.450 e. The molecule has 5 nitrogen and oxygen atoms in total. The second-order valence-corrected chi connectivity index (χ2v) is 6.48. The van der Waals surface area contributed by atoms with Gasteiger partial charge >= 0.3 is 5.97 Å². The molecule has 0 aliphatic carbocycles. The first-order chi connectivity index (χ1) is 12.4. The highest BCUT2D eigenvalue weighted by atomic mass is 79.9. The second kappa shape index (κ2) is 9.10. The Bertz CT molecular complexity index is 829. The van der Waals surface area contributed by atoms with Gasteiger partial charge in [-0.05, 0) is 30.7 Å². The van der Waals surface area contributed by atoms with Crippen molar-refractivity contribution >= 4 is 39.7 Å². The summed E-state index contributed by atoms with van der Waals surface area (Å²) < 4.78 is 6.09. The van der Waals surface area contributed by atoms with Crippen LogP contribution in [0.4, 0.5) is 0 Å². The Balaban J connectivity index is 2.15. The molecule has 6 heteroatoms. The zero-order valence-corrected chi connectivity index (χ0v) is 15.9. The molecule has 0 aliphatic rings. The Hall–Kier alpha value is -2.73. The standard InChI is InChI=1S/C20H18BrNO4/c1-13(19(24)16-8-10-17(21)11-9-16)26-20(25)18(22-14(2)23)12-15-6-4-3-5-7-15/h3-13H,1-2H3,(H,22,23)/b18-12-/t13-/m0/s1. The lowest BCUT2D eigenvalue weighted by atomic mass is 10.1. The maximum atomic E-state index is 12.4. The molecule has 0 unspecified atom stereocenters. The normalized spacial score (nSPS) is 12.2. The number of carbonyl (C=O) groups is 3. The van der Waals surface area contributed by atoms with E-state index in [1.165, 1.54) is 19.9 Å². The molecule has 1 amide bonds. The SMILES string of the molecule is CC(=O)N/C(=C\c1ccccc1)C(=O)O[C@@H](C)C(=O)c1ccc(Br)cc1. The molecule has 1 atom stereocenters. The number of hydrogen-bond donors (Lipinski definition) is 1. The Kier molecular flexibility index (Phi) is 6.86. The summed E-state index contributed by atoms with van der Waals surface area (Å²) in [6.07, 6.45) is 0.511. The third-order valence-electron chi connectivity index (χ3n) is 3.42. The molecule has 0 spiro atoms. The van der Waals surface area contributed by atoms with Gasteiger partial charge in [0.2, 0.25) is 11.7 Å². The highest BCUT2D eigenvalue weighted by Crippen LogP contribution is 2.14. The molecule has 0 aliphatic heterocycles. The van der Waals surface area contributed by atoms with Crippen molar-refractivity contribution in [2.75, 3.05) is 0 Å². The van der Waals surface area contributed by atoms with E-state index >= 15 is 0 Å². The van der Waals surface area contributed by atoms with Crippen molar-refractivity contribution in [1.29, 1.82) is 0 Å². The fourth-order valence-electron chi connectivity index (χ4n) is 2.18. The first-order valence-electron chi connectivity index (χ1n) is 7.92. The van der Waals surface area contributed by atoms with Crippen molar-refractivity contribution in [2.45, 2.75) is 20.0 Å². The fourth-order valence-corrected chi connectivity index (χ4v) is 2.44. The third-order valence-corrected chi connectivity index (χ3v) is 3.95. The summed E-state index contributed by atoms with van der Waals surface area (Å²) in [4.78, 5) is 36.2. The fraction of sp³-hybridized carbons (Fsp3) is 0.150. The van der Waals surface area contributed by atoms with Crippen LogP contribution in [0.2, 0.25) is 0 Å². The molecular formula is C20H18BrNO4. The maximum Gasteiger partial charge on any atom is 0.355 e. The number of nitrogens with one attached hydrogen (secondary N) is 1. The predicted octanol–water partition coefficient (Wildman–Crippen LogP) is 3.74. The Morgan fingerprint density at radius 1 is 1.04 bits per heavy atom. The molecule has 0 radical (unpaired) electrons. The lowest BCUT2D eigenvalue weighted by molar-refractivity contribution is -0.142. The van der Waals surface area contributed by atoms with Crippen LogP contribution in [0.15, 0.2) is 64.8 Å². The van der Waals surface area contributed by atoms with Crippen LogP contribution in [0.5, 0.6) is 0 Å². The number of benzene rings is 2. The number of ether oxygens (including phenoxy) is 1. The predicted molar refractivity (Wildman–Crippen MR) is 102 cm³/mol. The Morgan fingerprint density at radius 3 is 2.23 bits per heavy atom. The minimum atomic E-state index is -0.989. The molecule has 0 saturated carbocycles. The summed E-state index contributed by atoms with van der Waals surface area (Å²) in [6, 6.07) is 15.8. The van der Waals surface area contributed by atoms with E-state index in [0.29, 0.717) is 5.56 Å². The van der Waals surface area contributed by atoms with E-state index < -0.39 is 18.0 Å². The number of esters is 1. The zero-order valence-electron chi connectivity index (χ0n) is 14.4. The van der Waals surface area contributed by atoms with E-state index in [1.54, 1.807) is 36.4 Å². The molecule has 26 heavy (non-hydrogen) atoms. The van der Waals surface area contributed by atoms with Gasteiger partial charge in [-0.25, -0.2) is 4.79 Å². The van der Waals surface area contributed by atoms with E-state index in [0.717, 1.165) is 10.0 Å². The van der Waals surface area contributed by atoms with Crippen LogP contribution in [-0.2, 0) is 14.3 Å². The first kappa shape index (κ1) is 19.6. The molecule has 134 valence electrons. The van der Waals surface area contributed by atoms with Crippen molar-refractivity contribution in [3.63, 3.8) is 0 Å². The minimum Gasteiger partial charge on any atom is -0.450 e.